The van der Waals surface area contributed by atoms with E-state index in [1.54, 1.807) is 12.1 Å². The average Bonchev–Trinajstić information content (AvgIpc) is 2.93. The van der Waals surface area contributed by atoms with Crippen LogP contribution in [0.1, 0.15) is 45.6 Å². The maximum absolute atomic E-state index is 13.7. The number of carboxylic acid groups (broad SMARTS) is 1. The summed E-state index contributed by atoms with van der Waals surface area (Å²) in [6.07, 6.45) is 2.72. The van der Waals surface area contributed by atoms with Gasteiger partial charge in [0.05, 0.1) is 13.0 Å². The number of benzene rings is 3. The van der Waals surface area contributed by atoms with Gasteiger partial charge in [0, 0.05) is 36.6 Å². The molecule has 1 aromatic heterocycles. The Hall–Kier alpha value is -4.03. The highest BCUT2D eigenvalue weighted by molar-refractivity contribution is 5.90. The van der Waals surface area contributed by atoms with E-state index in [4.69, 9.17) is 9.72 Å². The average molecular weight is 537 g/mol. The van der Waals surface area contributed by atoms with Gasteiger partial charge in [-0.25, -0.2) is 4.39 Å². The second-order valence-corrected chi connectivity index (χ2v) is 10.9. The van der Waals surface area contributed by atoms with Crippen molar-refractivity contribution in [3.05, 3.63) is 106 Å². The molecule has 0 radical (unpaired) electrons. The molecule has 4 aromatic rings. The lowest BCUT2D eigenvalue weighted by atomic mass is 9.85. The number of carboxylic acids is 1. The van der Waals surface area contributed by atoms with E-state index in [0.717, 1.165) is 95.0 Å². The van der Waals surface area contributed by atoms with Crippen molar-refractivity contribution < 1.29 is 19.0 Å². The van der Waals surface area contributed by atoms with Gasteiger partial charge in [-0.1, -0.05) is 36.4 Å². The highest BCUT2D eigenvalue weighted by Gasteiger charge is 2.24. The third-order valence-electron chi connectivity index (χ3n) is 8.09. The predicted molar refractivity (Wildman–Crippen MR) is 154 cm³/mol. The van der Waals surface area contributed by atoms with Crippen LogP contribution in [0.3, 0.4) is 0 Å². The number of fused-ring (bicyclic) bond motifs is 2. The Morgan fingerprint density at radius 3 is 2.58 bits per heavy atom. The molecule has 5 nitrogen and oxygen atoms in total. The lowest BCUT2D eigenvalue weighted by molar-refractivity contribution is -0.136. The van der Waals surface area contributed by atoms with Gasteiger partial charge < -0.3 is 9.84 Å². The summed E-state index contributed by atoms with van der Waals surface area (Å²) < 4.78 is 19.6. The summed E-state index contributed by atoms with van der Waals surface area (Å²) in [5, 5.41) is 9.82. The van der Waals surface area contributed by atoms with Crippen LogP contribution in [0.15, 0.2) is 60.7 Å². The van der Waals surface area contributed by atoms with Crippen LogP contribution in [0, 0.1) is 19.7 Å². The Morgan fingerprint density at radius 2 is 1.75 bits per heavy atom. The number of aliphatic carboxylic acids is 1. The summed E-state index contributed by atoms with van der Waals surface area (Å²) >= 11 is 0. The SMILES string of the molecule is Cc1nc(C)c(-c2ccc3c(c2)CCN(Cc2cccc(F)c2)C3)c(-c2ccc3c(c2)CCCO3)c1CC(=O)O. The second-order valence-electron chi connectivity index (χ2n) is 10.9. The Kier molecular flexibility index (Phi) is 7.11. The van der Waals surface area contributed by atoms with Gasteiger partial charge in [0.25, 0.3) is 0 Å². The number of nitrogens with zero attached hydrogens (tertiary/aromatic N) is 2. The van der Waals surface area contributed by atoms with Crippen molar-refractivity contribution in [2.75, 3.05) is 13.2 Å². The Balaban J connectivity index is 1.40. The number of rotatable bonds is 6. The molecule has 0 bridgehead atoms. The number of aryl methyl sites for hydroxylation is 3. The first-order chi connectivity index (χ1) is 19.4. The Morgan fingerprint density at radius 1 is 0.950 bits per heavy atom. The van der Waals surface area contributed by atoms with Crippen molar-refractivity contribution in [2.45, 2.75) is 52.6 Å². The van der Waals surface area contributed by atoms with Gasteiger partial charge in [0.15, 0.2) is 0 Å². The maximum Gasteiger partial charge on any atom is 0.307 e. The number of hydrogen-bond acceptors (Lipinski definition) is 4. The topological polar surface area (TPSA) is 62.7 Å². The summed E-state index contributed by atoms with van der Waals surface area (Å²) in [6.45, 7) is 7.05. The van der Waals surface area contributed by atoms with Crippen molar-refractivity contribution in [3.63, 3.8) is 0 Å². The zero-order valence-corrected chi connectivity index (χ0v) is 23.0. The zero-order chi connectivity index (χ0) is 27.8. The first-order valence-corrected chi connectivity index (χ1v) is 13.9. The normalized spacial score (nSPS) is 14.8. The number of halogens is 1. The second kappa shape index (κ2) is 10.9. The van der Waals surface area contributed by atoms with Crippen LogP contribution in [-0.2, 0) is 37.1 Å². The molecule has 3 aromatic carbocycles. The van der Waals surface area contributed by atoms with Crippen LogP contribution in [0.25, 0.3) is 22.3 Å². The van der Waals surface area contributed by atoms with Crippen molar-refractivity contribution in [1.82, 2.24) is 9.88 Å². The minimum absolute atomic E-state index is 0.0883. The van der Waals surface area contributed by atoms with Crippen LogP contribution in [0.5, 0.6) is 5.75 Å². The van der Waals surface area contributed by atoms with E-state index in [-0.39, 0.29) is 12.2 Å². The monoisotopic (exact) mass is 536 g/mol. The number of hydrogen-bond donors (Lipinski definition) is 1. The molecule has 0 spiro atoms. The molecular weight excluding hydrogens is 503 g/mol. The summed E-state index contributed by atoms with van der Waals surface area (Å²) in [6, 6.07) is 19.6. The van der Waals surface area contributed by atoms with Crippen molar-refractivity contribution in [2.24, 2.45) is 0 Å². The highest BCUT2D eigenvalue weighted by Crippen LogP contribution is 2.41. The van der Waals surface area contributed by atoms with Crippen LogP contribution in [0.2, 0.25) is 0 Å². The molecule has 40 heavy (non-hydrogen) atoms. The van der Waals surface area contributed by atoms with Crippen LogP contribution < -0.4 is 4.74 Å². The van der Waals surface area contributed by atoms with E-state index in [0.29, 0.717) is 6.54 Å². The maximum atomic E-state index is 13.7. The lowest BCUT2D eigenvalue weighted by Crippen LogP contribution is -2.30. The van der Waals surface area contributed by atoms with Crippen LogP contribution in [-0.4, -0.2) is 34.1 Å². The van der Waals surface area contributed by atoms with Gasteiger partial charge in [0.1, 0.15) is 11.6 Å². The van der Waals surface area contributed by atoms with Gasteiger partial charge in [-0.3, -0.25) is 14.7 Å². The van der Waals surface area contributed by atoms with Gasteiger partial charge in [-0.2, -0.15) is 0 Å². The summed E-state index contributed by atoms with van der Waals surface area (Å²) in [5.74, 6) is -0.160. The smallest absolute Gasteiger partial charge is 0.307 e. The first-order valence-electron chi connectivity index (χ1n) is 13.9. The number of pyridine rings is 1. The molecule has 0 atom stereocenters. The minimum Gasteiger partial charge on any atom is -0.493 e. The predicted octanol–water partition coefficient (Wildman–Crippen LogP) is 6.68. The van der Waals surface area contributed by atoms with Gasteiger partial charge >= 0.3 is 5.97 Å². The molecule has 6 rings (SSSR count). The fourth-order valence-electron chi connectivity index (χ4n) is 6.24. The van der Waals surface area contributed by atoms with Crippen LogP contribution >= 0.6 is 0 Å². The van der Waals surface area contributed by atoms with E-state index < -0.39 is 5.97 Å². The fourth-order valence-corrected chi connectivity index (χ4v) is 6.24. The lowest BCUT2D eigenvalue weighted by Gasteiger charge is -2.29. The van der Waals surface area contributed by atoms with Gasteiger partial charge in [0.2, 0.25) is 0 Å². The molecule has 3 heterocycles. The molecule has 0 saturated heterocycles. The van der Waals surface area contributed by atoms with Gasteiger partial charge in [-0.05, 0) is 102 Å². The molecule has 204 valence electrons. The van der Waals surface area contributed by atoms with E-state index in [1.807, 2.05) is 26.0 Å². The number of aromatic nitrogens is 1. The quantitative estimate of drug-likeness (QED) is 0.298. The van der Waals surface area contributed by atoms with E-state index in [9.17, 15) is 14.3 Å². The largest absolute Gasteiger partial charge is 0.493 e. The molecule has 0 saturated carbocycles. The summed E-state index contributed by atoms with van der Waals surface area (Å²) in [5.41, 5.74) is 11.1. The molecule has 1 N–H and O–H groups in total. The van der Waals surface area contributed by atoms with E-state index >= 15 is 0 Å². The molecule has 0 aliphatic carbocycles. The molecule has 2 aliphatic rings. The molecule has 6 heteroatoms. The third-order valence-corrected chi connectivity index (χ3v) is 8.09. The van der Waals surface area contributed by atoms with E-state index in [1.165, 1.54) is 17.2 Å². The number of ether oxygens (including phenoxy) is 1. The third kappa shape index (κ3) is 5.24. The van der Waals surface area contributed by atoms with Crippen molar-refractivity contribution >= 4 is 5.97 Å². The Labute approximate surface area is 234 Å². The fraction of sp³-hybridized carbons (Fsp3) is 0.294. The number of carbonyl (C=O) groups is 1. The van der Waals surface area contributed by atoms with E-state index in [2.05, 4.69) is 35.2 Å². The summed E-state index contributed by atoms with van der Waals surface area (Å²) in [4.78, 5) is 19.1. The van der Waals surface area contributed by atoms with Crippen LogP contribution in [0.4, 0.5) is 4.39 Å². The molecular formula is C34H33FN2O3. The summed E-state index contributed by atoms with van der Waals surface area (Å²) in [7, 11) is 0. The van der Waals surface area contributed by atoms with Crippen molar-refractivity contribution in [3.8, 4) is 28.0 Å². The van der Waals surface area contributed by atoms with Gasteiger partial charge in [-0.15, -0.1) is 0 Å². The zero-order valence-electron chi connectivity index (χ0n) is 23.0. The molecule has 2 aliphatic heterocycles. The first kappa shape index (κ1) is 26.2. The molecule has 0 unspecified atom stereocenters. The highest BCUT2D eigenvalue weighted by atomic mass is 19.1. The molecule has 0 fully saturated rings. The Bertz CT molecular complexity index is 1610. The van der Waals surface area contributed by atoms with Crippen molar-refractivity contribution in [1.29, 1.82) is 0 Å². The molecule has 0 amide bonds. The standard InChI is InChI=1S/C34H33FN2O3/c1-21-30(18-32(38)39)34(27-10-11-31-25(17-27)6-4-14-40-31)33(22(2)36-21)26-8-9-28-20-37(13-12-24(28)16-26)19-23-5-3-7-29(35)15-23/h3,5,7-11,15-17H,4,6,12-14,18-20H2,1-2H3,(H,38,39). The minimum atomic E-state index is -0.869.